The topological polar surface area (TPSA) is 54.9 Å². The summed E-state index contributed by atoms with van der Waals surface area (Å²) < 4.78 is 39.5. The highest BCUT2D eigenvalue weighted by Gasteiger charge is 2.41. The van der Waals surface area contributed by atoms with Gasteiger partial charge in [0.2, 0.25) is 11.9 Å². The van der Waals surface area contributed by atoms with E-state index in [9.17, 15) is 18.0 Å². The maximum Gasteiger partial charge on any atom is 0.396 e. The van der Waals surface area contributed by atoms with Crippen LogP contribution < -0.4 is 5.32 Å². The second-order valence-electron chi connectivity index (χ2n) is 4.78. The summed E-state index contributed by atoms with van der Waals surface area (Å²) in [5.74, 6) is -2.64. The Hall–Kier alpha value is -2.44. The van der Waals surface area contributed by atoms with E-state index in [2.05, 4.69) is 15.3 Å². The Kier molecular flexibility index (Phi) is 4.75. The summed E-state index contributed by atoms with van der Waals surface area (Å²) >= 11 is 0. The molecule has 1 N–H and O–H groups in total. The van der Waals surface area contributed by atoms with Crippen molar-refractivity contribution in [2.24, 2.45) is 0 Å². The Morgan fingerprint density at radius 2 is 1.91 bits per heavy atom. The summed E-state index contributed by atoms with van der Waals surface area (Å²) in [6.45, 7) is 1.69. The third-order valence-corrected chi connectivity index (χ3v) is 3.03. The fourth-order valence-electron chi connectivity index (χ4n) is 1.98. The van der Waals surface area contributed by atoms with E-state index in [1.807, 2.05) is 0 Å². The number of amides is 1. The van der Waals surface area contributed by atoms with Gasteiger partial charge in [-0.1, -0.05) is 30.3 Å². The number of nitrogens with zero attached hydrogens (tertiary/aromatic N) is 2. The number of rotatable bonds is 4. The van der Waals surface area contributed by atoms with Crippen molar-refractivity contribution in [3.8, 4) is 0 Å². The third-order valence-electron chi connectivity index (χ3n) is 3.03. The van der Waals surface area contributed by atoms with E-state index in [4.69, 9.17) is 0 Å². The molecule has 22 heavy (non-hydrogen) atoms. The van der Waals surface area contributed by atoms with Crippen LogP contribution in [0.1, 0.15) is 23.6 Å². The largest absolute Gasteiger partial charge is 0.396 e. The zero-order valence-electron chi connectivity index (χ0n) is 11.8. The average molecular weight is 309 g/mol. The second kappa shape index (κ2) is 6.55. The van der Waals surface area contributed by atoms with Gasteiger partial charge < -0.3 is 0 Å². The smallest absolute Gasteiger partial charge is 0.294 e. The molecule has 1 amide bonds. The number of alkyl halides is 3. The second-order valence-corrected chi connectivity index (χ2v) is 4.78. The van der Waals surface area contributed by atoms with E-state index in [0.717, 1.165) is 0 Å². The van der Waals surface area contributed by atoms with E-state index in [-0.39, 0.29) is 11.5 Å². The van der Waals surface area contributed by atoms with Crippen molar-refractivity contribution in [3.05, 3.63) is 53.9 Å². The highest BCUT2D eigenvalue weighted by Crippen LogP contribution is 2.37. The van der Waals surface area contributed by atoms with E-state index in [1.54, 1.807) is 19.1 Å². The van der Waals surface area contributed by atoms with Gasteiger partial charge in [0.05, 0.1) is 5.92 Å². The summed E-state index contributed by atoms with van der Waals surface area (Å²) in [5.41, 5.74) is 0.663. The van der Waals surface area contributed by atoms with Gasteiger partial charge in [-0.2, -0.15) is 13.2 Å². The molecule has 0 saturated heterocycles. The number of halogens is 3. The van der Waals surface area contributed by atoms with Crippen LogP contribution in [0.3, 0.4) is 0 Å². The van der Waals surface area contributed by atoms with E-state index >= 15 is 0 Å². The Morgan fingerprint density at radius 1 is 1.23 bits per heavy atom. The molecule has 0 saturated carbocycles. The molecule has 4 nitrogen and oxygen atoms in total. The van der Waals surface area contributed by atoms with Gasteiger partial charge in [0, 0.05) is 18.3 Å². The standard InChI is InChI=1S/C15H14F3N3O/c1-10-7-8-19-14(20-10)21-13(22)9-12(15(16,17)18)11-5-3-2-4-6-11/h2-8,12H,9H2,1H3,(H,19,20,21,22). The van der Waals surface area contributed by atoms with Crippen molar-refractivity contribution in [2.75, 3.05) is 5.32 Å². The van der Waals surface area contributed by atoms with E-state index in [1.165, 1.54) is 30.5 Å². The van der Waals surface area contributed by atoms with Crippen LogP contribution in [0, 0.1) is 6.92 Å². The molecule has 0 bridgehead atoms. The molecule has 1 aromatic heterocycles. The molecule has 1 heterocycles. The fraction of sp³-hybridized carbons (Fsp3) is 0.267. The lowest BCUT2D eigenvalue weighted by molar-refractivity contribution is -0.156. The van der Waals surface area contributed by atoms with Crippen LogP contribution in [0.5, 0.6) is 0 Å². The van der Waals surface area contributed by atoms with Crippen molar-refractivity contribution in [1.82, 2.24) is 9.97 Å². The summed E-state index contributed by atoms with van der Waals surface area (Å²) in [6, 6.07) is 8.98. The Morgan fingerprint density at radius 3 is 2.50 bits per heavy atom. The van der Waals surface area contributed by atoms with Gasteiger partial charge in [-0.25, -0.2) is 9.97 Å². The molecular weight excluding hydrogens is 295 g/mol. The molecule has 1 aromatic carbocycles. The molecule has 0 aliphatic rings. The van der Waals surface area contributed by atoms with Crippen LogP contribution in [0.4, 0.5) is 19.1 Å². The Labute approximate surface area is 125 Å². The van der Waals surface area contributed by atoms with Crippen LogP contribution in [0.25, 0.3) is 0 Å². The van der Waals surface area contributed by atoms with Gasteiger partial charge in [-0.3, -0.25) is 10.1 Å². The maximum absolute atomic E-state index is 13.2. The average Bonchev–Trinajstić information content (AvgIpc) is 2.44. The zero-order valence-corrected chi connectivity index (χ0v) is 11.8. The lowest BCUT2D eigenvalue weighted by atomic mass is 9.95. The SMILES string of the molecule is Cc1ccnc(NC(=O)CC(c2ccccc2)C(F)(F)F)n1. The first-order valence-corrected chi connectivity index (χ1v) is 6.57. The molecule has 0 aliphatic carbocycles. The van der Waals surface area contributed by atoms with Crippen molar-refractivity contribution in [3.63, 3.8) is 0 Å². The van der Waals surface area contributed by atoms with Crippen LogP contribution >= 0.6 is 0 Å². The molecule has 0 spiro atoms. The molecular formula is C15H14F3N3O. The number of aryl methyl sites for hydroxylation is 1. The molecule has 7 heteroatoms. The monoisotopic (exact) mass is 309 g/mol. The van der Waals surface area contributed by atoms with Crippen molar-refractivity contribution < 1.29 is 18.0 Å². The van der Waals surface area contributed by atoms with Crippen LogP contribution in [-0.4, -0.2) is 22.1 Å². The number of aromatic nitrogens is 2. The fourth-order valence-corrected chi connectivity index (χ4v) is 1.98. The first-order valence-electron chi connectivity index (χ1n) is 6.57. The van der Waals surface area contributed by atoms with Gasteiger partial charge in [-0.15, -0.1) is 0 Å². The molecule has 2 aromatic rings. The van der Waals surface area contributed by atoms with Crippen LogP contribution in [0.2, 0.25) is 0 Å². The van der Waals surface area contributed by atoms with Gasteiger partial charge >= 0.3 is 6.18 Å². The molecule has 0 fully saturated rings. The molecule has 1 atom stereocenters. The van der Waals surface area contributed by atoms with Gasteiger partial charge in [0.1, 0.15) is 0 Å². The van der Waals surface area contributed by atoms with Gasteiger partial charge in [0.15, 0.2) is 0 Å². The number of carbonyl (C=O) groups is 1. The predicted molar refractivity (Wildman–Crippen MR) is 75.3 cm³/mol. The Balaban J connectivity index is 2.12. The lowest BCUT2D eigenvalue weighted by Crippen LogP contribution is -2.26. The summed E-state index contributed by atoms with van der Waals surface area (Å²) in [5, 5.41) is 2.29. The minimum atomic E-state index is -4.51. The molecule has 2 rings (SSSR count). The first kappa shape index (κ1) is 15.9. The van der Waals surface area contributed by atoms with Crippen molar-refractivity contribution in [2.45, 2.75) is 25.4 Å². The van der Waals surface area contributed by atoms with Gasteiger partial charge in [0.25, 0.3) is 0 Å². The summed E-state index contributed by atoms with van der Waals surface area (Å²) in [7, 11) is 0. The minimum absolute atomic E-state index is 0.000939. The summed E-state index contributed by atoms with van der Waals surface area (Å²) in [6.07, 6.45) is -3.80. The summed E-state index contributed by atoms with van der Waals surface area (Å²) in [4.78, 5) is 19.6. The van der Waals surface area contributed by atoms with Crippen LogP contribution in [-0.2, 0) is 4.79 Å². The minimum Gasteiger partial charge on any atom is -0.294 e. The lowest BCUT2D eigenvalue weighted by Gasteiger charge is -2.20. The first-order chi connectivity index (χ1) is 10.4. The third kappa shape index (κ3) is 4.28. The van der Waals surface area contributed by atoms with Crippen molar-refractivity contribution >= 4 is 11.9 Å². The highest BCUT2D eigenvalue weighted by molar-refractivity contribution is 5.89. The Bertz CT molecular complexity index is 644. The normalized spacial score (nSPS) is 12.7. The molecule has 0 radical (unpaired) electrons. The number of anilines is 1. The van der Waals surface area contributed by atoms with E-state index in [0.29, 0.717) is 5.69 Å². The number of nitrogens with one attached hydrogen (secondary N) is 1. The molecule has 0 aliphatic heterocycles. The van der Waals surface area contributed by atoms with Crippen LogP contribution in [0.15, 0.2) is 42.6 Å². The highest BCUT2D eigenvalue weighted by atomic mass is 19.4. The predicted octanol–water partition coefficient (Wildman–Crippen LogP) is 3.46. The number of hydrogen-bond donors (Lipinski definition) is 1. The maximum atomic E-state index is 13.2. The van der Waals surface area contributed by atoms with Gasteiger partial charge in [-0.05, 0) is 18.6 Å². The zero-order chi connectivity index (χ0) is 16.2. The number of carbonyl (C=O) groups excluding carboxylic acids is 1. The molecule has 1 unspecified atom stereocenters. The quantitative estimate of drug-likeness (QED) is 0.941. The number of benzene rings is 1. The van der Waals surface area contributed by atoms with E-state index < -0.39 is 24.4 Å². The number of hydrogen-bond acceptors (Lipinski definition) is 3. The van der Waals surface area contributed by atoms with Crippen molar-refractivity contribution in [1.29, 1.82) is 0 Å². The molecule has 116 valence electrons.